The molecular weight excluding hydrogens is 417 g/mol. The van der Waals surface area contributed by atoms with E-state index in [1.165, 1.54) is 11.0 Å². The molecule has 140 valence electrons. The van der Waals surface area contributed by atoms with Gasteiger partial charge in [-0.05, 0) is 29.8 Å². The van der Waals surface area contributed by atoms with Gasteiger partial charge in [0.2, 0.25) is 0 Å². The van der Waals surface area contributed by atoms with Crippen molar-refractivity contribution >= 4 is 44.9 Å². The number of benzene rings is 2. The second kappa shape index (κ2) is 7.51. The summed E-state index contributed by atoms with van der Waals surface area (Å²) in [5.41, 5.74) is 0.520. The minimum atomic E-state index is -3.98. The minimum absolute atomic E-state index is 0.140. The van der Waals surface area contributed by atoms with Gasteiger partial charge in [-0.3, -0.25) is 10.1 Å². The van der Waals surface area contributed by atoms with Crippen molar-refractivity contribution < 1.29 is 13.3 Å². The molecule has 0 saturated heterocycles. The molecule has 9 nitrogen and oxygen atoms in total. The Morgan fingerprint density at radius 2 is 1.85 bits per heavy atom. The van der Waals surface area contributed by atoms with Gasteiger partial charge in [0.25, 0.3) is 21.7 Å². The monoisotopic (exact) mass is 427 g/mol. The van der Waals surface area contributed by atoms with E-state index in [9.17, 15) is 18.5 Å². The quantitative estimate of drug-likeness (QED) is 0.475. The van der Waals surface area contributed by atoms with E-state index >= 15 is 0 Å². The smallest absolute Gasteiger partial charge is 0.258 e. The number of nitro benzene ring substituents is 1. The summed E-state index contributed by atoms with van der Waals surface area (Å²) in [5.74, 6) is -0.140. The molecule has 0 aliphatic rings. The highest BCUT2D eigenvalue weighted by Crippen LogP contribution is 2.22. The van der Waals surface area contributed by atoms with E-state index in [-0.39, 0.29) is 23.1 Å². The number of anilines is 1. The standard InChI is InChI=1S/C15H11Cl2N5O4S/c16-11-2-1-10(14(17)7-11)8-21-9-18-15(19-21)20-27(25,26)13-5-3-12(4-6-13)22(23)24/h1-7,9H,8H2,(H,19,20). The number of hydrogen-bond acceptors (Lipinski definition) is 6. The first kappa shape index (κ1) is 19.1. The van der Waals surface area contributed by atoms with Gasteiger partial charge in [-0.2, -0.15) is 4.98 Å². The van der Waals surface area contributed by atoms with Gasteiger partial charge in [-0.25, -0.2) is 17.8 Å². The minimum Gasteiger partial charge on any atom is -0.258 e. The van der Waals surface area contributed by atoms with E-state index in [0.717, 1.165) is 29.8 Å². The van der Waals surface area contributed by atoms with Crippen LogP contribution >= 0.6 is 23.2 Å². The van der Waals surface area contributed by atoms with E-state index in [2.05, 4.69) is 14.8 Å². The Morgan fingerprint density at radius 3 is 2.48 bits per heavy atom. The summed E-state index contributed by atoms with van der Waals surface area (Å²) in [7, 11) is -3.98. The van der Waals surface area contributed by atoms with Crippen molar-refractivity contribution in [3.63, 3.8) is 0 Å². The van der Waals surface area contributed by atoms with Crippen molar-refractivity contribution in [3.05, 3.63) is 74.5 Å². The number of hydrogen-bond donors (Lipinski definition) is 1. The third-order valence-corrected chi connectivity index (χ3v) is 5.40. The van der Waals surface area contributed by atoms with Gasteiger partial charge in [0, 0.05) is 22.2 Å². The summed E-state index contributed by atoms with van der Waals surface area (Å²) in [6.07, 6.45) is 1.35. The van der Waals surface area contributed by atoms with Crippen LogP contribution in [0.2, 0.25) is 10.0 Å². The molecule has 27 heavy (non-hydrogen) atoms. The second-order valence-corrected chi connectivity index (χ2v) is 7.88. The molecule has 0 atom stereocenters. The highest BCUT2D eigenvalue weighted by atomic mass is 35.5. The topological polar surface area (TPSA) is 120 Å². The Balaban J connectivity index is 1.75. The van der Waals surface area contributed by atoms with Crippen LogP contribution < -0.4 is 4.72 Å². The maximum Gasteiger partial charge on any atom is 0.269 e. The Kier molecular flexibility index (Phi) is 5.31. The number of nitrogens with zero attached hydrogens (tertiary/aromatic N) is 4. The van der Waals surface area contributed by atoms with E-state index in [4.69, 9.17) is 23.2 Å². The van der Waals surface area contributed by atoms with Gasteiger partial charge in [-0.15, -0.1) is 5.10 Å². The van der Waals surface area contributed by atoms with Crippen molar-refractivity contribution in [2.45, 2.75) is 11.4 Å². The number of aromatic nitrogens is 3. The highest BCUT2D eigenvalue weighted by Gasteiger charge is 2.18. The van der Waals surface area contributed by atoms with Gasteiger partial charge in [0.15, 0.2) is 0 Å². The maximum atomic E-state index is 12.3. The van der Waals surface area contributed by atoms with E-state index in [1.54, 1.807) is 18.2 Å². The molecule has 0 aliphatic heterocycles. The summed E-state index contributed by atoms with van der Waals surface area (Å²) in [4.78, 5) is 13.8. The van der Waals surface area contributed by atoms with Gasteiger partial charge < -0.3 is 0 Å². The first-order chi connectivity index (χ1) is 12.7. The molecule has 1 N–H and O–H groups in total. The van der Waals surface area contributed by atoms with Crippen LogP contribution in [0.1, 0.15) is 5.56 Å². The SMILES string of the molecule is O=[N+]([O-])c1ccc(S(=O)(=O)Nc2ncn(Cc3ccc(Cl)cc3Cl)n2)cc1. The van der Waals surface area contributed by atoms with Crippen LogP contribution in [0.15, 0.2) is 53.7 Å². The van der Waals surface area contributed by atoms with Crippen LogP contribution in [-0.2, 0) is 16.6 Å². The average molecular weight is 428 g/mol. The molecule has 3 aromatic rings. The van der Waals surface area contributed by atoms with Gasteiger partial charge in [-0.1, -0.05) is 29.3 Å². The van der Waals surface area contributed by atoms with Crippen LogP contribution in [-0.4, -0.2) is 28.1 Å². The van der Waals surface area contributed by atoms with Crippen LogP contribution in [0.3, 0.4) is 0 Å². The van der Waals surface area contributed by atoms with Crippen molar-refractivity contribution in [3.8, 4) is 0 Å². The third-order valence-electron chi connectivity index (χ3n) is 3.47. The predicted molar refractivity (Wildman–Crippen MR) is 99.5 cm³/mol. The Hall–Kier alpha value is -2.69. The van der Waals surface area contributed by atoms with E-state index in [1.807, 2.05) is 0 Å². The zero-order valence-corrected chi connectivity index (χ0v) is 15.7. The van der Waals surface area contributed by atoms with E-state index in [0.29, 0.717) is 10.0 Å². The third kappa shape index (κ3) is 4.54. The van der Waals surface area contributed by atoms with Gasteiger partial charge in [0.05, 0.1) is 16.4 Å². The fourth-order valence-electron chi connectivity index (χ4n) is 2.17. The number of rotatable bonds is 6. The summed E-state index contributed by atoms with van der Waals surface area (Å²) < 4.78 is 28.3. The van der Waals surface area contributed by atoms with Crippen molar-refractivity contribution in [2.24, 2.45) is 0 Å². The van der Waals surface area contributed by atoms with E-state index < -0.39 is 14.9 Å². The molecule has 12 heteroatoms. The highest BCUT2D eigenvalue weighted by molar-refractivity contribution is 7.92. The average Bonchev–Trinajstić information content (AvgIpc) is 3.04. The number of sulfonamides is 1. The fourth-order valence-corrected chi connectivity index (χ4v) is 3.58. The molecule has 0 unspecified atom stereocenters. The number of halogens is 2. The molecule has 1 heterocycles. The summed E-state index contributed by atoms with van der Waals surface area (Å²) >= 11 is 12.0. The van der Waals surface area contributed by atoms with Crippen molar-refractivity contribution in [1.82, 2.24) is 14.8 Å². The molecule has 2 aromatic carbocycles. The zero-order valence-electron chi connectivity index (χ0n) is 13.4. The molecule has 0 amide bonds. The first-order valence-corrected chi connectivity index (χ1v) is 9.59. The normalized spacial score (nSPS) is 11.3. The Morgan fingerprint density at radius 1 is 1.15 bits per heavy atom. The van der Waals surface area contributed by atoms with Crippen molar-refractivity contribution in [1.29, 1.82) is 0 Å². The number of nitrogens with one attached hydrogen (secondary N) is 1. The lowest BCUT2D eigenvalue weighted by Gasteiger charge is -2.05. The number of non-ortho nitro benzene ring substituents is 1. The first-order valence-electron chi connectivity index (χ1n) is 7.35. The Labute approximate surface area is 163 Å². The molecule has 0 spiro atoms. The summed E-state index contributed by atoms with van der Waals surface area (Å²) in [6, 6.07) is 9.46. The lowest BCUT2D eigenvalue weighted by molar-refractivity contribution is -0.384. The predicted octanol–water partition coefficient (Wildman–Crippen LogP) is 3.34. The van der Waals surface area contributed by atoms with Crippen LogP contribution in [0.5, 0.6) is 0 Å². The van der Waals surface area contributed by atoms with Gasteiger partial charge >= 0.3 is 0 Å². The van der Waals surface area contributed by atoms with Crippen LogP contribution in [0.25, 0.3) is 0 Å². The molecular formula is C15H11Cl2N5O4S. The summed E-state index contributed by atoms with van der Waals surface area (Å²) in [5, 5.41) is 15.6. The lowest BCUT2D eigenvalue weighted by Crippen LogP contribution is -2.14. The second-order valence-electron chi connectivity index (χ2n) is 5.36. The summed E-state index contributed by atoms with van der Waals surface area (Å²) in [6.45, 7) is 0.266. The lowest BCUT2D eigenvalue weighted by atomic mass is 10.2. The fraction of sp³-hybridized carbons (Fsp3) is 0.0667. The molecule has 0 saturated carbocycles. The molecule has 0 aliphatic carbocycles. The number of nitro groups is 1. The largest absolute Gasteiger partial charge is 0.269 e. The molecule has 0 bridgehead atoms. The maximum absolute atomic E-state index is 12.3. The van der Waals surface area contributed by atoms with Crippen LogP contribution in [0, 0.1) is 10.1 Å². The van der Waals surface area contributed by atoms with Crippen molar-refractivity contribution in [2.75, 3.05) is 4.72 Å². The molecule has 3 rings (SSSR count). The molecule has 0 fully saturated rings. The molecule has 0 radical (unpaired) electrons. The van der Waals surface area contributed by atoms with Crippen LogP contribution in [0.4, 0.5) is 11.6 Å². The zero-order chi connectivity index (χ0) is 19.6. The Bertz CT molecular complexity index is 1100. The molecule has 1 aromatic heterocycles. The van der Waals surface area contributed by atoms with Gasteiger partial charge in [0.1, 0.15) is 6.33 Å².